The Labute approximate surface area is 121 Å². The molecule has 0 saturated heterocycles. The van der Waals surface area contributed by atoms with Gasteiger partial charge in [0.25, 0.3) is 0 Å². The van der Waals surface area contributed by atoms with Crippen LogP contribution in [0.5, 0.6) is 5.75 Å². The highest BCUT2D eigenvalue weighted by Crippen LogP contribution is 2.27. The molecule has 1 N–H and O–H groups in total. The van der Waals surface area contributed by atoms with Crippen molar-refractivity contribution in [2.45, 2.75) is 33.4 Å². The molecule has 2 aromatic rings. The Morgan fingerprint density at radius 2 is 1.75 bits per heavy atom. The van der Waals surface area contributed by atoms with E-state index in [2.05, 4.69) is 62.5 Å². The highest BCUT2D eigenvalue weighted by atomic mass is 16.5. The molecule has 106 valence electrons. The van der Waals surface area contributed by atoms with Gasteiger partial charge in [-0.25, -0.2) is 0 Å². The van der Waals surface area contributed by atoms with Crippen LogP contribution in [0.4, 0.5) is 0 Å². The molecule has 2 aromatic carbocycles. The summed E-state index contributed by atoms with van der Waals surface area (Å²) in [4.78, 5) is 0. The van der Waals surface area contributed by atoms with Crippen LogP contribution in [-0.2, 0) is 6.54 Å². The molecule has 20 heavy (non-hydrogen) atoms. The summed E-state index contributed by atoms with van der Waals surface area (Å²) in [5, 5.41) is 3.43. The molecular weight excluding hydrogens is 246 g/mol. The van der Waals surface area contributed by atoms with E-state index in [0.29, 0.717) is 6.04 Å². The molecule has 0 atom stereocenters. The number of methoxy groups -OCH3 is 1. The second-order valence-electron chi connectivity index (χ2n) is 5.41. The Bertz CT molecular complexity index is 558. The predicted octanol–water partition coefficient (Wildman–Crippen LogP) is 4.17. The van der Waals surface area contributed by atoms with Gasteiger partial charge in [0.05, 0.1) is 7.11 Å². The van der Waals surface area contributed by atoms with Crippen molar-refractivity contribution in [2.75, 3.05) is 7.11 Å². The van der Waals surface area contributed by atoms with Crippen LogP contribution in [0.25, 0.3) is 11.1 Å². The first kappa shape index (κ1) is 14.6. The molecule has 0 aliphatic heterocycles. The van der Waals surface area contributed by atoms with Gasteiger partial charge in [0.15, 0.2) is 0 Å². The largest absolute Gasteiger partial charge is 0.497 e. The number of ether oxygens (including phenoxy) is 1. The van der Waals surface area contributed by atoms with Crippen LogP contribution in [0.3, 0.4) is 0 Å². The van der Waals surface area contributed by atoms with E-state index in [9.17, 15) is 0 Å². The highest BCUT2D eigenvalue weighted by molar-refractivity contribution is 5.68. The number of nitrogens with one attached hydrogen (secondary N) is 1. The lowest BCUT2D eigenvalue weighted by molar-refractivity contribution is 0.414. The predicted molar refractivity (Wildman–Crippen MR) is 85.1 cm³/mol. The Balaban J connectivity index is 2.17. The zero-order chi connectivity index (χ0) is 14.5. The maximum Gasteiger partial charge on any atom is 0.119 e. The van der Waals surface area contributed by atoms with Crippen molar-refractivity contribution in [3.05, 3.63) is 53.6 Å². The summed E-state index contributed by atoms with van der Waals surface area (Å²) in [5.74, 6) is 0.906. The van der Waals surface area contributed by atoms with Gasteiger partial charge in [-0.3, -0.25) is 0 Å². The summed E-state index contributed by atoms with van der Waals surface area (Å²) in [6.07, 6.45) is 0. The standard InChI is InChI=1S/C18H23NO/c1-13(2)19-12-15-5-7-16(8-6-15)18-10-9-17(20-4)11-14(18)3/h5-11,13,19H,12H2,1-4H3. The molecule has 0 saturated carbocycles. The smallest absolute Gasteiger partial charge is 0.119 e. The number of hydrogen-bond acceptors (Lipinski definition) is 2. The Morgan fingerprint density at radius 3 is 2.30 bits per heavy atom. The topological polar surface area (TPSA) is 21.3 Å². The van der Waals surface area contributed by atoms with Crippen LogP contribution in [0.1, 0.15) is 25.0 Å². The van der Waals surface area contributed by atoms with Gasteiger partial charge in [0, 0.05) is 12.6 Å². The van der Waals surface area contributed by atoms with Crippen LogP contribution < -0.4 is 10.1 Å². The molecule has 0 aliphatic carbocycles. The average molecular weight is 269 g/mol. The minimum absolute atomic E-state index is 0.513. The molecule has 2 heteroatoms. The summed E-state index contributed by atoms with van der Waals surface area (Å²) >= 11 is 0. The van der Waals surface area contributed by atoms with Gasteiger partial charge in [0.2, 0.25) is 0 Å². The summed E-state index contributed by atoms with van der Waals surface area (Å²) in [5.41, 5.74) is 5.05. The van der Waals surface area contributed by atoms with Crippen molar-refractivity contribution in [1.82, 2.24) is 5.32 Å². The number of aryl methyl sites for hydroxylation is 1. The molecule has 2 rings (SSSR count). The Hall–Kier alpha value is -1.80. The van der Waals surface area contributed by atoms with E-state index >= 15 is 0 Å². The van der Waals surface area contributed by atoms with Crippen molar-refractivity contribution in [2.24, 2.45) is 0 Å². The zero-order valence-electron chi connectivity index (χ0n) is 12.7. The monoisotopic (exact) mass is 269 g/mol. The molecule has 0 aromatic heterocycles. The fraction of sp³-hybridized carbons (Fsp3) is 0.333. The van der Waals surface area contributed by atoms with Gasteiger partial charge >= 0.3 is 0 Å². The van der Waals surface area contributed by atoms with E-state index in [1.807, 2.05) is 6.07 Å². The van der Waals surface area contributed by atoms with E-state index in [1.54, 1.807) is 7.11 Å². The summed E-state index contributed by atoms with van der Waals surface area (Å²) in [7, 11) is 1.70. The molecule has 0 radical (unpaired) electrons. The van der Waals surface area contributed by atoms with Crippen LogP contribution in [-0.4, -0.2) is 13.2 Å². The Kier molecular flexibility index (Phi) is 4.80. The van der Waals surface area contributed by atoms with Crippen molar-refractivity contribution in [1.29, 1.82) is 0 Å². The maximum absolute atomic E-state index is 5.25. The third-order valence-electron chi connectivity index (χ3n) is 3.41. The average Bonchev–Trinajstić information content (AvgIpc) is 2.45. The normalized spacial score (nSPS) is 10.8. The van der Waals surface area contributed by atoms with Crippen molar-refractivity contribution < 1.29 is 4.74 Å². The van der Waals surface area contributed by atoms with Crippen LogP contribution >= 0.6 is 0 Å². The number of benzene rings is 2. The van der Waals surface area contributed by atoms with Crippen LogP contribution in [0.15, 0.2) is 42.5 Å². The summed E-state index contributed by atoms with van der Waals surface area (Å²) in [6.45, 7) is 7.36. The SMILES string of the molecule is COc1ccc(-c2ccc(CNC(C)C)cc2)c(C)c1. The van der Waals surface area contributed by atoms with E-state index in [0.717, 1.165) is 12.3 Å². The van der Waals surface area contributed by atoms with Gasteiger partial charge < -0.3 is 10.1 Å². The van der Waals surface area contributed by atoms with Gasteiger partial charge in [-0.2, -0.15) is 0 Å². The van der Waals surface area contributed by atoms with Crippen molar-refractivity contribution in [3.8, 4) is 16.9 Å². The van der Waals surface area contributed by atoms with Crippen molar-refractivity contribution >= 4 is 0 Å². The third-order valence-corrected chi connectivity index (χ3v) is 3.41. The molecule has 0 heterocycles. The zero-order valence-corrected chi connectivity index (χ0v) is 12.7. The van der Waals surface area contributed by atoms with E-state index in [1.165, 1.54) is 22.3 Å². The third kappa shape index (κ3) is 3.61. The second kappa shape index (κ2) is 6.58. The lowest BCUT2D eigenvalue weighted by atomic mass is 9.99. The minimum Gasteiger partial charge on any atom is -0.497 e. The second-order valence-corrected chi connectivity index (χ2v) is 5.41. The van der Waals surface area contributed by atoms with Crippen molar-refractivity contribution in [3.63, 3.8) is 0 Å². The molecule has 0 bridgehead atoms. The first-order chi connectivity index (χ1) is 9.60. The Morgan fingerprint density at radius 1 is 1.05 bits per heavy atom. The van der Waals surface area contributed by atoms with Gasteiger partial charge in [-0.05, 0) is 41.3 Å². The molecule has 0 aliphatic rings. The molecule has 0 fully saturated rings. The van der Waals surface area contributed by atoms with Gasteiger partial charge in [-0.1, -0.05) is 44.2 Å². The van der Waals surface area contributed by atoms with E-state index in [-0.39, 0.29) is 0 Å². The molecule has 0 amide bonds. The highest BCUT2D eigenvalue weighted by Gasteiger charge is 2.04. The molecule has 0 spiro atoms. The lowest BCUT2D eigenvalue weighted by Crippen LogP contribution is -2.21. The first-order valence-electron chi connectivity index (χ1n) is 7.07. The number of rotatable bonds is 5. The lowest BCUT2D eigenvalue weighted by Gasteiger charge is -2.11. The van der Waals surface area contributed by atoms with E-state index in [4.69, 9.17) is 4.74 Å². The minimum atomic E-state index is 0.513. The summed E-state index contributed by atoms with van der Waals surface area (Å²) < 4.78 is 5.25. The van der Waals surface area contributed by atoms with Crippen LogP contribution in [0, 0.1) is 6.92 Å². The van der Waals surface area contributed by atoms with Crippen LogP contribution in [0.2, 0.25) is 0 Å². The first-order valence-corrected chi connectivity index (χ1v) is 7.07. The fourth-order valence-electron chi connectivity index (χ4n) is 2.21. The molecular formula is C18H23NO. The van der Waals surface area contributed by atoms with E-state index < -0.39 is 0 Å². The summed E-state index contributed by atoms with van der Waals surface area (Å²) in [6, 6.07) is 15.5. The van der Waals surface area contributed by atoms with Gasteiger partial charge in [0.1, 0.15) is 5.75 Å². The number of hydrogen-bond donors (Lipinski definition) is 1. The fourth-order valence-corrected chi connectivity index (χ4v) is 2.21. The molecule has 0 unspecified atom stereocenters. The van der Waals surface area contributed by atoms with Gasteiger partial charge in [-0.15, -0.1) is 0 Å². The molecule has 2 nitrogen and oxygen atoms in total. The maximum atomic E-state index is 5.25. The quantitative estimate of drug-likeness (QED) is 0.879.